The number of hydrogen-bond donors (Lipinski definition) is 3. The Labute approximate surface area is 621 Å². The molecule has 0 spiro atoms. The van der Waals surface area contributed by atoms with E-state index in [4.69, 9.17) is 11.6 Å². The quantitative estimate of drug-likeness (QED) is 0.0720. The molecule has 0 unspecified atom stereocenters. The molecule has 552 valence electrons. The predicted molar refractivity (Wildman–Crippen MR) is 409 cm³/mol. The van der Waals surface area contributed by atoms with Crippen LogP contribution in [0.4, 0.5) is 47.6 Å². The molecule has 33 heteroatoms. The average Bonchev–Trinajstić information content (AvgIpc) is 1.72. The van der Waals surface area contributed by atoms with Crippen LogP contribution >= 0.6 is 34.5 Å². The Morgan fingerprint density at radius 3 is 1.77 bits per heavy atom. The van der Waals surface area contributed by atoms with Crippen LogP contribution < -0.4 is 33.8 Å². The van der Waals surface area contributed by atoms with Crippen molar-refractivity contribution < 1.29 is 54.1 Å². The smallest absolute Gasteiger partial charge is 0.263 e. The third kappa shape index (κ3) is 17.8. The molecule has 0 aliphatic carbocycles. The Balaban J connectivity index is 0.000000201. The highest BCUT2D eigenvalue weighted by molar-refractivity contribution is 7.93. The van der Waals surface area contributed by atoms with Gasteiger partial charge in [0.05, 0.1) is 26.6 Å². The third-order valence-electron chi connectivity index (χ3n) is 18.3. The van der Waals surface area contributed by atoms with Crippen molar-refractivity contribution in [3.8, 4) is 0 Å². The van der Waals surface area contributed by atoms with E-state index in [-0.39, 0.29) is 66.7 Å². The molecule has 14 rings (SSSR count). The number of fused-ring (bicyclic) bond motifs is 2. The second-order valence-electron chi connectivity index (χ2n) is 25.0. The fourth-order valence-corrected chi connectivity index (χ4v) is 17.5. The summed E-state index contributed by atoms with van der Waals surface area (Å²) in [5.74, 6) is 0.297. The molecule has 4 aliphatic heterocycles. The maximum atomic E-state index is 14.1. The van der Waals surface area contributed by atoms with Gasteiger partial charge in [0.15, 0.2) is 5.13 Å². The van der Waals surface area contributed by atoms with Gasteiger partial charge in [-0.1, -0.05) is 35.9 Å². The van der Waals surface area contributed by atoms with E-state index in [0.717, 1.165) is 64.8 Å². The summed E-state index contributed by atoms with van der Waals surface area (Å²) in [7, 11) is -11.2. The summed E-state index contributed by atoms with van der Waals surface area (Å²) in [4.78, 5) is 69.2. The molecule has 3 amide bonds. The number of piperazine rings is 3. The van der Waals surface area contributed by atoms with E-state index in [1.165, 1.54) is 48.3 Å². The van der Waals surface area contributed by atoms with Crippen LogP contribution in [0.15, 0.2) is 191 Å². The number of thiazole rings is 1. The zero-order valence-electron chi connectivity index (χ0n) is 56.9. The Morgan fingerprint density at radius 1 is 0.587 bits per heavy atom. The van der Waals surface area contributed by atoms with Gasteiger partial charge in [0.25, 0.3) is 30.1 Å². The first-order chi connectivity index (χ1) is 49.9. The molecule has 25 nitrogen and oxygen atoms in total. The van der Waals surface area contributed by atoms with Crippen LogP contribution in [0.1, 0.15) is 49.0 Å². The molecule has 10 aromatic rings. The molecular formula is C71H83ClF2N16O9S5. The fourth-order valence-electron chi connectivity index (χ4n) is 12.8. The van der Waals surface area contributed by atoms with E-state index < -0.39 is 36.1 Å². The van der Waals surface area contributed by atoms with Gasteiger partial charge < -0.3 is 38.9 Å². The summed E-state index contributed by atoms with van der Waals surface area (Å²) in [5.41, 5.74) is 6.11. The molecule has 3 saturated heterocycles. The molecule has 3 N–H and O–H groups in total. The third-order valence-corrected chi connectivity index (χ3v) is 24.3. The van der Waals surface area contributed by atoms with Gasteiger partial charge in [0.1, 0.15) is 41.7 Å². The summed E-state index contributed by atoms with van der Waals surface area (Å²) in [6.07, 6.45) is 8.10. The zero-order valence-corrected chi connectivity index (χ0v) is 61.7. The van der Waals surface area contributed by atoms with E-state index in [0.29, 0.717) is 112 Å². The number of sulfonamides is 3. The van der Waals surface area contributed by atoms with Gasteiger partial charge in [-0.05, 0) is 166 Å². The number of carbonyl (C=O) groups excluding carboxylic acids is 3. The van der Waals surface area contributed by atoms with Crippen molar-refractivity contribution in [2.45, 2.75) is 66.8 Å². The first-order valence-electron chi connectivity index (χ1n) is 33.4. The zero-order chi connectivity index (χ0) is 73.3. The highest BCUT2D eigenvalue weighted by atomic mass is 35.5. The first kappa shape index (κ1) is 73.9. The second-order valence-corrected chi connectivity index (χ2v) is 32.1. The van der Waals surface area contributed by atoms with E-state index in [1.54, 1.807) is 131 Å². The number of aromatic nitrogens is 6. The summed E-state index contributed by atoms with van der Waals surface area (Å²) >= 11 is 8.11. The van der Waals surface area contributed by atoms with Crippen LogP contribution in [0, 0.1) is 18.6 Å². The number of nitrogens with one attached hydrogen (secondary N) is 3. The van der Waals surface area contributed by atoms with Gasteiger partial charge in [-0.25, -0.2) is 54.0 Å². The van der Waals surface area contributed by atoms with Crippen molar-refractivity contribution in [1.82, 2.24) is 43.6 Å². The molecule has 0 bridgehead atoms. The summed E-state index contributed by atoms with van der Waals surface area (Å²) in [5, 5.41) is 3.40. The van der Waals surface area contributed by atoms with Crippen molar-refractivity contribution in [3.63, 3.8) is 0 Å². The molecule has 104 heavy (non-hydrogen) atoms. The largest absolute Gasteiger partial charge is 0.368 e. The topological polar surface area (TPSA) is 282 Å². The average molecular weight is 1540 g/mol. The van der Waals surface area contributed by atoms with Crippen molar-refractivity contribution in [2.24, 2.45) is 0 Å². The number of nitrogens with zero attached hydrogens (tertiary/aromatic N) is 13. The molecule has 4 aliphatic rings. The van der Waals surface area contributed by atoms with Crippen molar-refractivity contribution in [3.05, 3.63) is 209 Å². The van der Waals surface area contributed by atoms with E-state index >= 15 is 0 Å². The van der Waals surface area contributed by atoms with Crippen molar-refractivity contribution >= 4 is 132 Å². The lowest BCUT2D eigenvalue weighted by Gasteiger charge is -2.41. The van der Waals surface area contributed by atoms with E-state index in [2.05, 4.69) is 58.1 Å². The van der Waals surface area contributed by atoms with Gasteiger partial charge in [0.2, 0.25) is 22.9 Å². The number of benzene rings is 6. The number of amides is 3. The number of anilines is 7. The molecule has 0 saturated carbocycles. The summed E-state index contributed by atoms with van der Waals surface area (Å²) in [6.45, 7) is 13.4. The molecule has 3 fully saturated rings. The number of hydrogen-bond acceptors (Lipinski definition) is 20. The summed E-state index contributed by atoms with van der Waals surface area (Å²) < 4.78 is 117. The van der Waals surface area contributed by atoms with Gasteiger partial charge >= 0.3 is 0 Å². The van der Waals surface area contributed by atoms with Crippen LogP contribution in [-0.2, 0) is 57.3 Å². The normalized spacial score (nSPS) is 15.6. The highest BCUT2D eigenvalue weighted by Crippen LogP contribution is 2.32. The van der Waals surface area contributed by atoms with Crippen LogP contribution in [0.3, 0.4) is 0 Å². The maximum Gasteiger partial charge on any atom is 0.263 e. The lowest BCUT2D eigenvalue weighted by molar-refractivity contribution is -0.134. The van der Waals surface area contributed by atoms with Crippen LogP contribution in [0.25, 0.3) is 10.9 Å². The lowest BCUT2D eigenvalue weighted by Crippen LogP contribution is -2.55. The molecule has 4 aromatic heterocycles. The molecule has 8 heterocycles. The standard InChI is InChI=1S/C25H29FN6O3S2.C24H24FN5O3S2.C22H22ClN5O3S.4H2/c1-17(32-11-3-4-19-16-20(26)5-10-23(19)32)24(33)31-14-12-30(13-15-31)21-6-8-22(9-7-21)37(34,35)29-25-27-18(2)28-36-25;1-17(30-10-8-20-21(25)6-3-7-22(20)30)23(31)29-13-11-28(12-14-29)18-4-2-5-19(16-18)35(32,33)27-24-26-9-15-34-24;23-18-3-1-17(2-4-18)15-22(29)28-13-11-27(12-14-28)19-5-7-20(8-6-19)32(30,31)26-21-9-10-24-16-25-21;;;;/h5-10,16-17H,3-4,11-15H2,1-2H3,(H,27,28,29);2-10,15-17H,11-14H2,1H3,(H,26,27);1-10,16H,11-15H2,(H,24,25,26);4*1H/t2*17-;;;;;/m10...../s1. The van der Waals surface area contributed by atoms with Gasteiger partial charge in [-0.15, -0.1) is 11.3 Å². The number of halogens is 3. The monoisotopic (exact) mass is 1540 g/mol. The second kappa shape index (κ2) is 32.4. The van der Waals surface area contributed by atoms with Crippen molar-refractivity contribution in [2.75, 3.05) is 119 Å². The van der Waals surface area contributed by atoms with Crippen LogP contribution in [0.2, 0.25) is 5.02 Å². The van der Waals surface area contributed by atoms with Crippen LogP contribution in [-0.4, -0.2) is 178 Å². The number of aryl methyl sites for hydroxylation is 2. The number of carbonyl (C=O) groups is 3. The number of rotatable bonds is 18. The van der Waals surface area contributed by atoms with Gasteiger partial charge in [0, 0.05) is 159 Å². The lowest BCUT2D eigenvalue weighted by atomic mass is 9.99. The molecule has 0 radical (unpaired) electrons. The van der Waals surface area contributed by atoms with E-state index in [9.17, 15) is 48.4 Å². The predicted octanol–water partition coefficient (Wildman–Crippen LogP) is 11.0. The first-order valence-corrected chi connectivity index (χ1v) is 39.9. The fraction of sp³-hybridized carbons (Fsp3) is 0.296. The Morgan fingerprint density at radius 2 is 1.17 bits per heavy atom. The molecule has 6 aromatic carbocycles. The van der Waals surface area contributed by atoms with Crippen molar-refractivity contribution in [1.29, 1.82) is 0 Å². The molecular weight excluding hydrogens is 1450 g/mol. The minimum atomic E-state index is -3.75. The Kier molecular flexibility index (Phi) is 23.0. The minimum Gasteiger partial charge on any atom is -0.368 e. The summed E-state index contributed by atoms with van der Waals surface area (Å²) in [6, 6.07) is 39.5. The Bertz CT molecular complexity index is 5030. The van der Waals surface area contributed by atoms with Gasteiger partial charge in [-0.2, -0.15) is 4.37 Å². The minimum absolute atomic E-state index is 0. The van der Waals surface area contributed by atoms with Gasteiger partial charge in [-0.3, -0.25) is 28.5 Å². The van der Waals surface area contributed by atoms with Crippen LogP contribution in [0.5, 0.6) is 0 Å². The highest BCUT2D eigenvalue weighted by Gasteiger charge is 2.33. The maximum absolute atomic E-state index is 14.1. The SMILES string of the molecule is C[C@@H](C(=O)N1CCN(c2cccc(S(=O)(=O)Nc3nccs3)c2)CC1)n1ccc2c(F)cccc21.Cc1nsc(NS(=O)(=O)c2ccc(N3CCN(C(=O)[C@@H](C)N4CCCc5cc(F)ccc54)CC3)cc2)n1.O=C(Cc1ccc(Cl)cc1)N1CCN(c2ccc(S(=O)(=O)Nc3ccncn3)cc2)CC1.[HH].[HH].[HH].[HH]. The Hall–Kier alpha value is -9.86. The van der Waals surface area contributed by atoms with E-state index in [1.807, 2.05) is 47.9 Å². The molecule has 2 atom stereocenters.